The largest absolute Gasteiger partial charge is 0.360 e. The Bertz CT molecular complexity index is 567. The van der Waals surface area contributed by atoms with Crippen molar-refractivity contribution < 1.29 is 4.39 Å². The second-order valence-corrected chi connectivity index (χ2v) is 4.90. The van der Waals surface area contributed by atoms with Gasteiger partial charge in [-0.25, -0.2) is 9.37 Å². The maximum Gasteiger partial charge on any atom is 0.146 e. The van der Waals surface area contributed by atoms with Crippen LogP contribution >= 0.6 is 15.9 Å². The lowest BCUT2D eigenvalue weighted by molar-refractivity contribution is 0.542. The van der Waals surface area contributed by atoms with Gasteiger partial charge in [0.25, 0.3) is 0 Å². The molecule has 2 aromatic rings. The minimum atomic E-state index is -0.160. The maximum atomic E-state index is 14.0. The zero-order valence-electron chi connectivity index (χ0n) is 9.81. The van der Waals surface area contributed by atoms with Crippen LogP contribution in [0.4, 0.5) is 10.1 Å². The fourth-order valence-electron chi connectivity index (χ4n) is 2.39. The molecule has 1 aromatic carbocycles. The highest BCUT2D eigenvalue weighted by atomic mass is 79.9. The first-order chi connectivity index (χ1) is 8.79. The second kappa shape index (κ2) is 4.72. The molecule has 5 heteroatoms. The molecule has 0 spiro atoms. The van der Waals surface area contributed by atoms with Gasteiger partial charge in [0.2, 0.25) is 0 Å². The van der Waals surface area contributed by atoms with Crippen molar-refractivity contribution in [3.05, 3.63) is 47.8 Å². The summed E-state index contributed by atoms with van der Waals surface area (Å²) in [6, 6.07) is 5.22. The predicted octanol–water partition coefficient (Wildman–Crippen LogP) is 2.94. The molecule has 1 aliphatic heterocycles. The average molecular weight is 310 g/mol. The molecule has 0 N–H and O–H groups in total. The molecule has 0 unspecified atom stereocenters. The Labute approximate surface area is 113 Å². The van der Waals surface area contributed by atoms with Crippen LogP contribution in [0.25, 0.3) is 0 Å². The van der Waals surface area contributed by atoms with Gasteiger partial charge in [0.15, 0.2) is 0 Å². The predicted molar refractivity (Wildman–Crippen MR) is 72.3 cm³/mol. The van der Waals surface area contributed by atoms with Gasteiger partial charge in [-0.15, -0.1) is 0 Å². The highest BCUT2D eigenvalue weighted by Crippen LogP contribution is 2.29. The van der Waals surface area contributed by atoms with Crippen LogP contribution < -0.4 is 4.90 Å². The third-order valence-corrected chi connectivity index (χ3v) is 3.88. The molecule has 0 atom stereocenters. The molecule has 3 rings (SSSR count). The van der Waals surface area contributed by atoms with Crippen molar-refractivity contribution in [2.45, 2.75) is 18.4 Å². The quantitative estimate of drug-likeness (QED) is 0.795. The van der Waals surface area contributed by atoms with Gasteiger partial charge in [0.05, 0.1) is 12.2 Å². The Balaban J connectivity index is 1.97. The SMILES string of the molecule is Fc1cccc(CBr)c1N1CCn2ccnc2C1. The topological polar surface area (TPSA) is 21.1 Å². The van der Waals surface area contributed by atoms with Crippen LogP contribution in [0, 0.1) is 5.82 Å². The molecule has 0 fully saturated rings. The van der Waals surface area contributed by atoms with Crippen molar-refractivity contribution in [1.29, 1.82) is 0 Å². The van der Waals surface area contributed by atoms with Crippen LogP contribution in [0.5, 0.6) is 0 Å². The van der Waals surface area contributed by atoms with Crippen LogP contribution in [0.15, 0.2) is 30.6 Å². The number of hydrogen-bond donors (Lipinski definition) is 0. The summed E-state index contributed by atoms with van der Waals surface area (Å²) in [5.41, 5.74) is 1.68. The standard InChI is InChI=1S/C13H13BrFN3/c14-8-10-2-1-3-11(15)13(10)18-7-6-17-5-4-16-12(17)9-18/h1-5H,6-9H2. The number of hydrogen-bond acceptors (Lipinski definition) is 2. The van der Waals surface area contributed by atoms with Gasteiger partial charge < -0.3 is 9.47 Å². The molecular formula is C13H13BrFN3. The van der Waals surface area contributed by atoms with Crippen LogP contribution in [-0.2, 0) is 18.4 Å². The number of imidazole rings is 1. The molecule has 18 heavy (non-hydrogen) atoms. The minimum absolute atomic E-state index is 0.160. The van der Waals surface area contributed by atoms with E-state index in [1.54, 1.807) is 12.3 Å². The van der Waals surface area contributed by atoms with E-state index >= 15 is 0 Å². The van der Waals surface area contributed by atoms with Gasteiger partial charge in [0.1, 0.15) is 11.6 Å². The smallest absolute Gasteiger partial charge is 0.146 e. The van der Waals surface area contributed by atoms with E-state index in [0.29, 0.717) is 17.6 Å². The van der Waals surface area contributed by atoms with E-state index in [9.17, 15) is 4.39 Å². The number of alkyl halides is 1. The molecule has 3 nitrogen and oxygen atoms in total. The number of anilines is 1. The first-order valence-corrected chi connectivity index (χ1v) is 7.00. The lowest BCUT2D eigenvalue weighted by Gasteiger charge is -2.31. The van der Waals surface area contributed by atoms with E-state index in [1.165, 1.54) is 6.07 Å². The number of fused-ring (bicyclic) bond motifs is 1. The Morgan fingerprint density at radius 2 is 2.22 bits per heavy atom. The maximum absolute atomic E-state index is 14.0. The van der Waals surface area contributed by atoms with Gasteiger partial charge in [-0.1, -0.05) is 28.1 Å². The van der Waals surface area contributed by atoms with Crippen molar-refractivity contribution in [3.63, 3.8) is 0 Å². The van der Waals surface area contributed by atoms with Crippen molar-refractivity contribution in [2.24, 2.45) is 0 Å². The number of halogens is 2. The number of aromatic nitrogens is 2. The summed E-state index contributed by atoms with van der Waals surface area (Å²) in [6.45, 7) is 2.32. The molecule has 1 aromatic heterocycles. The average Bonchev–Trinajstić information content (AvgIpc) is 2.85. The van der Waals surface area contributed by atoms with Gasteiger partial charge >= 0.3 is 0 Å². The Hall–Kier alpha value is -1.36. The summed E-state index contributed by atoms with van der Waals surface area (Å²) in [5.74, 6) is 0.831. The first-order valence-electron chi connectivity index (χ1n) is 5.88. The van der Waals surface area contributed by atoms with Crippen molar-refractivity contribution in [2.75, 3.05) is 11.4 Å². The van der Waals surface area contributed by atoms with E-state index in [1.807, 2.05) is 12.3 Å². The fraction of sp³-hybridized carbons (Fsp3) is 0.308. The van der Waals surface area contributed by atoms with Crippen molar-refractivity contribution in [3.8, 4) is 0 Å². The van der Waals surface area contributed by atoms with Crippen LogP contribution in [-0.4, -0.2) is 16.1 Å². The molecule has 0 aliphatic carbocycles. The molecule has 0 amide bonds. The van der Waals surface area contributed by atoms with Crippen LogP contribution in [0.1, 0.15) is 11.4 Å². The molecular weight excluding hydrogens is 297 g/mol. The number of para-hydroxylation sites is 1. The summed E-state index contributed by atoms with van der Waals surface area (Å²) < 4.78 is 16.2. The Kier molecular flexibility index (Phi) is 3.07. The number of nitrogens with zero attached hydrogens (tertiary/aromatic N) is 3. The van der Waals surface area contributed by atoms with Crippen LogP contribution in [0.3, 0.4) is 0 Å². The molecule has 2 heterocycles. The summed E-state index contributed by atoms with van der Waals surface area (Å²) in [4.78, 5) is 6.37. The fourth-order valence-corrected chi connectivity index (χ4v) is 2.84. The van der Waals surface area contributed by atoms with Crippen molar-refractivity contribution >= 4 is 21.6 Å². The Morgan fingerprint density at radius 3 is 3.06 bits per heavy atom. The molecule has 0 saturated carbocycles. The summed E-state index contributed by atoms with van der Waals surface area (Å²) in [6.07, 6.45) is 3.77. The first kappa shape index (κ1) is 11.7. The summed E-state index contributed by atoms with van der Waals surface area (Å²) in [7, 11) is 0. The van der Waals surface area contributed by atoms with Gasteiger partial charge in [-0.3, -0.25) is 0 Å². The second-order valence-electron chi connectivity index (χ2n) is 4.34. The van der Waals surface area contributed by atoms with E-state index in [2.05, 4.69) is 30.4 Å². The molecule has 0 radical (unpaired) electrons. The van der Waals surface area contributed by atoms with Crippen LogP contribution in [0.2, 0.25) is 0 Å². The van der Waals surface area contributed by atoms with Gasteiger partial charge in [-0.2, -0.15) is 0 Å². The highest BCUT2D eigenvalue weighted by molar-refractivity contribution is 9.08. The van der Waals surface area contributed by atoms with E-state index in [4.69, 9.17) is 0 Å². The lowest BCUT2D eigenvalue weighted by Crippen LogP contribution is -2.34. The number of benzene rings is 1. The molecule has 0 saturated heterocycles. The number of rotatable bonds is 2. The molecule has 1 aliphatic rings. The third-order valence-electron chi connectivity index (χ3n) is 3.28. The third kappa shape index (κ3) is 1.92. The normalized spacial score (nSPS) is 14.7. The lowest BCUT2D eigenvalue weighted by atomic mass is 10.1. The van der Waals surface area contributed by atoms with Gasteiger partial charge in [0, 0.05) is 30.8 Å². The van der Waals surface area contributed by atoms with E-state index in [0.717, 1.165) is 24.5 Å². The highest BCUT2D eigenvalue weighted by Gasteiger charge is 2.21. The van der Waals surface area contributed by atoms with Gasteiger partial charge in [-0.05, 0) is 11.6 Å². The Morgan fingerprint density at radius 1 is 1.33 bits per heavy atom. The zero-order chi connectivity index (χ0) is 12.5. The van der Waals surface area contributed by atoms with E-state index in [-0.39, 0.29) is 5.82 Å². The molecule has 0 bridgehead atoms. The summed E-state index contributed by atoms with van der Waals surface area (Å²) in [5, 5.41) is 0.658. The van der Waals surface area contributed by atoms with E-state index < -0.39 is 0 Å². The zero-order valence-corrected chi connectivity index (χ0v) is 11.4. The monoisotopic (exact) mass is 309 g/mol. The molecule has 94 valence electrons. The minimum Gasteiger partial charge on any atom is -0.360 e. The summed E-state index contributed by atoms with van der Waals surface area (Å²) >= 11 is 3.42. The van der Waals surface area contributed by atoms with Crippen molar-refractivity contribution in [1.82, 2.24) is 9.55 Å².